The molecule has 0 saturated carbocycles. The molecule has 1 aromatic heterocycles. The lowest BCUT2D eigenvalue weighted by Gasteiger charge is -2.38. The van der Waals surface area contributed by atoms with Crippen molar-refractivity contribution in [1.82, 2.24) is 14.5 Å². The number of nitrogens with zero attached hydrogens (tertiary/aromatic N) is 3. The zero-order valence-corrected chi connectivity index (χ0v) is 18.6. The molecule has 1 aliphatic rings. The van der Waals surface area contributed by atoms with Crippen LogP contribution in [0.1, 0.15) is 29.8 Å². The Morgan fingerprint density at radius 2 is 1.78 bits per heavy atom. The van der Waals surface area contributed by atoms with Crippen LogP contribution in [0.25, 0.3) is 0 Å². The minimum atomic E-state index is -0.703. The molecule has 0 radical (unpaired) electrons. The summed E-state index contributed by atoms with van der Waals surface area (Å²) in [6.07, 6.45) is 5.13. The number of aromatic nitrogens is 2. The van der Waals surface area contributed by atoms with Gasteiger partial charge in [-0.15, -0.1) is 0 Å². The summed E-state index contributed by atoms with van der Waals surface area (Å²) < 4.78 is 26.6. The number of hydrogen-bond donors (Lipinski definition) is 1. The maximum Gasteiger partial charge on any atom is 0.161 e. The number of ether oxygens (including phenoxy) is 2. The van der Waals surface area contributed by atoms with Crippen LogP contribution in [-0.2, 0) is 19.7 Å². The van der Waals surface area contributed by atoms with E-state index in [4.69, 9.17) is 9.47 Å². The van der Waals surface area contributed by atoms with Gasteiger partial charge >= 0.3 is 0 Å². The third-order valence-electron chi connectivity index (χ3n) is 6.12. The second-order valence-electron chi connectivity index (χ2n) is 8.50. The Balaban J connectivity index is 1.35. The fraction of sp³-hybridized carbons (Fsp3) is 0.400. The number of aryl methyl sites for hydroxylation is 1. The van der Waals surface area contributed by atoms with Crippen LogP contribution in [0.15, 0.2) is 54.9 Å². The Hall–Kier alpha value is -2.90. The number of hydrogen-bond acceptors (Lipinski definition) is 5. The lowest BCUT2D eigenvalue weighted by Crippen LogP contribution is -2.46. The van der Waals surface area contributed by atoms with Gasteiger partial charge in [0.1, 0.15) is 18.2 Å². The molecule has 3 aromatic rings. The van der Waals surface area contributed by atoms with Gasteiger partial charge < -0.3 is 19.1 Å². The highest BCUT2D eigenvalue weighted by molar-refractivity contribution is 5.43. The van der Waals surface area contributed by atoms with Gasteiger partial charge in [-0.05, 0) is 55.2 Å². The van der Waals surface area contributed by atoms with Gasteiger partial charge in [-0.2, -0.15) is 0 Å². The van der Waals surface area contributed by atoms with Gasteiger partial charge in [-0.1, -0.05) is 18.2 Å². The van der Waals surface area contributed by atoms with Gasteiger partial charge in [0.05, 0.1) is 19.3 Å². The highest BCUT2D eigenvalue weighted by Gasteiger charge is 2.33. The molecule has 0 unspecified atom stereocenters. The summed E-state index contributed by atoms with van der Waals surface area (Å²) in [4.78, 5) is 6.60. The molecule has 6 nitrogen and oxygen atoms in total. The lowest BCUT2D eigenvalue weighted by molar-refractivity contribution is -0.0361. The van der Waals surface area contributed by atoms with E-state index in [0.717, 1.165) is 36.6 Å². The van der Waals surface area contributed by atoms with Crippen molar-refractivity contribution >= 4 is 0 Å². The summed E-state index contributed by atoms with van der Waals surface area (Å²) in [6.45, 7) is 5.29. The number of halogens is 1. The standard InChI is InChI=1S/C25H30FN3O3/c1-19-27-11-14-29(19)18-25(30)9-12-28(13-10-25)16-21-5-8-23(31-2)24(15-21)32-17-20-3-6-22(26)7-4-20/h3-8,11,14-15,30H,9-10,12-13,16-18H2,1-2H3. The molecule has 0 atom stereocenters. The van der Waals surface area contributed by atoms with E-state index in [2.05, 4.69) is 9.88 Å². The molecule has 170 valence electrons. The molecule has 2 heterocycles. The number of piperidine rings is 1. The third kappa shape index (κ3) is 5.47. The highest BCUT2D eigenvalue weighted by atomic mass is 19.1. The molecule has 7 heteroatoms. The molecule has 1 N–H and O–H groups in total. The number of rotatable bonds is 8. The fourth-order valence-electron chi connectivity index (χ4n) is 4.11. The van der Waals surface area contributed by atoms with Crippen LogP contribution in [0, 0.1) is 12.7 Å². The Morgan fingerprint density at radius 1 is 1.06 bits per heavy atom. The average Bonchev–Trinajstić information content (AvgIpc) is 3.19. The summed E-state index contributed by atoms with van der Waals surface area (Å²) in [5, 5.41) is 11.0. The molecule has 0 bridgehead atoms. The largest absolute Gasteiger partial charge is 0.493 e. The van der Waals surface area contributed by atoms with E-state index in [-0.39, 0.29) is 5.82 Å². The van der Waals surface area contributed by atoms with Crippen molar-refractivity contribution in [3.63, 3.8) is 0 Å². The summed E-state index contributed by atoms with van der Waals surface area (Å²) in [6, 6.07) is 12.2. The van der Waals surface area contributed by atoms with E-state index in [9.17, 15) is 9.50 Å². The number of imidazole rings is 1. The molecule has 1 fully saturated rings. The SMILES string of the molecule is COc1ccc(CN2CCC(O)(Cn3ccnc3C)CC2)cc1OCc1ccc(F)cc1. The van der Waals surface area contributed by atoms with Crippen LogP contribution in [0.4, 0.5) is 4.39 Å². The third-order valence-corrected chi connectivity index (χ3v) is 6.12. The zero-order chi connectivity index (χ0) is 22.6. The number of aliphatic hydroxyl groups is 1. The Bertz CT molecular complexity index is 1030. The van der Waals surface area contributed by atoms with Crippen LogP contribution in [-0.4, -0.2) is 45.4 Å². The first-order valence-corrected chi connectivity index (χ1v) is 10.9. The predicted octanol–water partition coefficient (Wildman–Crippen LogP) is 3.95. The van der Waals surface area contributed by atoms with Crippen molar-refractivity contribution in [2.75, 3.05) is 20.2 Å². The van der Waals surface area contributed by atoms with Crippen molar-refractivity contribution < 1.29 is 19.0 Å². The van der Waals surface area contributed by atoms with E-state index in [1.54, 1.807) is 25.4 Å². The molecule has 0 spiro atoms. The zero-order valence-electron chi connectivity index (χ0n) is 18.6. The van der Waals surface area contributed by atoms with Gasteiger partial charge in [-0.25, -0.2) is 9.37 Å². The Morgan fingerprint density at radius 3 is 2.44 bits per heavy atom. The van der Waals surface area contributed by atoms with Crippen LogP contribution in [0.3, 0.4) is 0 Å². The van der Waals surface area contributed by atoms with Crippen LogP contribution in [0.2, 0.25) is 0 Å². The maximum atomic E-state index is 13.1. The molecule has 0 amide bonds. The minimum absolute atomic E-state index is 0.262. The molecule has 32 heavy (non-hydrogen) atoms. The quantitative estimate of drug-likeness (QED) is 0.576. The van der Waals surface area contributed by atoms with Crippen LogP contribution < -0.4 is 9.47 Å². The van der Waals surface area contributed by atoms with Crippen molar-refractivity contribution in [2.45, 2.75) is 45.1 Å². The summed E-state index contributed by atoms with van der Waals surface area (Å²) >= 11 is 0. The molecular formula is C25H30FN3O3. The first-order valence-electron chi connectivity index (χ1n) is 10.9. The molecule has 0 aliphatic carbocycles. The molecular weight excluding hydrogens is 409 g/mol. The number of likely N-dealkylation sites (tertiary alicyclic amines) is 1. The van der Waals surface area contributed by atoms with Gasteiger partial charge in [0.2, 0.25) is 0 Å². The fourth-order valence-corrected chi connectivity index (χ4v) is 4.11. The Labute approximate surface area is 188 Å². The minimum Gasteiger partial charge on any atom is -0.493 e. The van der Waals surface area contributed by atoms with Crippen LogP contribution in [0.5, 0.6) is 11.5 Å². The predicted molar refractivity (Wildman–Crippen MR) is 120 cm³/mol. The first kappa shape index (κ1) is 22.3. The van der Waals surface area contributed by atoms with Gasteiger partial charge in [0, 0.05) is 32.0 Å². The highest BCUT2D eigenvalue weighted by Crippen LogP contribution is 2.31. The monoisotopic (exact) mass is 439 g/mol. The number of methoxy groups -OCH3 is 1. The molecule has 2 aromatic carbocycles. The topological polar surface area (TPSA) is 59.8 Å². The molecule has 1 saturated heterocycles. The number of benzene rings is 2. The average molecular weight is 440 g/mol. The van der Waals surface area contributed by atoms with Crippen LogP contribution >= 0.6 is 0 Å². The second kappa shape index (κ2) is 9.71. The van der Waals surface area contributed by atoms with E-state index in [1.165, 1.54) is 12.1 Å². The van der Waals surface area contributed by atoms with Gasteiger partial charge in [-0.3, -0.25) is 4.90 Å². The van der Waals surface area contributed by atoms with Crippen molar-refractivity contribution in [3.8, 4) is 11.5 Å². The van der Waals surface area contributed by atoms with E-state index >= 15 is 0 Å². The normalized spacial score (nSPS) is 16.1. The van der Waals surface area contributed by atoms with E-state index in [1.807, 2.05) is 35.9 Å². The second-order valence-corrected chi connectivity index (χ2v) is 8.50. The maximum absolute atomic E-state index is 13.1. The molecule has 1 aliphatic heterocycles. The van der Waals surface area contributed by atoms with Crippen molar-refractivity contribution in [1.29, 1.82) is 0 Å². The van der Waals surface area contributed by atoms with E-state index in [0.29, 0.717) is 37.5 Å². The van der Waals surface area contributed by atoms with Crippen molar-refractivity contribution in [3.05, 3.63) is 77.6 Å². The van der Waals surface area contributed by atoms with E-state index < -0.39 is 5.60 Å². The van der Waals surface area contributed by atoms with Crippen molar-refractivity contribution in [2.24, 2.45) is 0 Å². The summed E-state index contributed by atoms with van der Waals surface area (Å²) in [7, 11) is 1.62. The Kier molecular flexibility index (Phi) is 6.77. The summed E-state index contributed by atoms with van der Waals surface area (Å²) in [5.41, 5.74) is 1.31. The summed E-state index contributed by atoms with van der Waals surface area (Å²) in [5.74, 6) is 1.99. The first-order chi connectivity index (χ1) is 15.4. The van der Waals surface area contributed by atoms with Gasteiger partial charge in [0.15, 0.2) is 11.5 Å². The lowest BCUT2D eigenvalue weighted by atomic mass is 9.91. The molecule has 4 rings (SSSR count). The van der Waals surface area contributed by atoms with Gasteiger partial charge in [0.25, 0.3) is 0 Å². The smallest absolute Gasteiger partial charge is 0.161 e.